The molecule has 2 aromatic carbocycles. The second-order valence-electron chi connectivity index (χ2n) is 6.62. The monoisotopic (exact) mass is 458 g/mol. The van der Waals surface area contributed by atoms with Crippen molar-refractivity contribution in [3.8, 4) is 5.69 Å². The largest absolute Gasteiger partial charge is 0.360 e. The Labute approximate surface area is 185 Å². The number of benzene rings is 2. The van der Waals surface area contributed by atoms with Gasteiger partial charge in [-0.3, -0.25) is 14.2 Å². The number of halogens is 2. The third kappa shape index (κ3) is 4.62. The lowest BCUT2D eigenvalue weighted by Gasteiger charge is -2.13. The normalized spacial score (nSPS) is 11.1. The summed E-state index contributed by atoms with van der Waals surface area (Å²) in [6.07, 6.45) is 0.156. The van der Waals surface area contributed by atoms with Crippen LogP contribution in [0.1, 0.15) is 12.2 Å². The second-order valence-corrected chi connectivity index (χ2v) is 8.09. The van der Waals surface area contributed by atoms with E-state index in [0.29, 0.717) is 39.1 Å². The number of nitrogens with zero attached hydrogens (tertiary/aromatic N) is 3. The van der Waals surface area contributed by atoms with Gasteiger partial charge in [-0.05, 0) is 37.3 Å². The molecule has 0 aliphatic heterocycles. The van der Waals surface area contributed by atoms with E-state index in [1.165, 1.54) is 34.5 Å². The van der Waals surface area contributed by atoms with Crippen LogP contribution in [0.4, 0.5) is 10.2 Å². The molecule has 31 heavy (non-hydrogen) atoms. The number of aryl methyl sites for hydroxylation is 1. The van der Waals surface area contributed by atoms with Crippen LogP contribution in [-0.2, 0) is 4.79 Å². The fourth-order valence-electron chi connectivity index (χ4n) is 2.93. The van der Waals surface area contributed by atoms with Crippen molar-refractivity contribution >= 4 is 46.0 Å². The highest BCUT2D eigenvalue weighted by atomic mass is 35.5. The van der Waals surface area contributed by atoms with E-state index in [1.54, 1.807) is 37.3 Å². The van der Waals surface area contributed by atoms with Crippen LogP contribution in [0.25, 0.3) is 16.6 Å². The van der Waals surface area contributed by atoms with E-state index in [0.717, 1.165) is 0 Å². The number of carbonyl (C=O) groups is 1. The summed E-state index contributed by atoms with van der Waals surface area (Å²) in [7, 11) is 0. The van der Waals surface area contributed by atoms with Gasteiger partial charge in [0.1, 0.15) is 11.6 Å². The standard InChI is InChI=1S/C21H16ClFN4O3S/c1-12-10-18(26-30-12)25-19(28)8-9-31-21-24-17-5-3-2-4-14(17)20(29)27(21)13-6-7-16(23)15(22)11-13/h2-7,10-11H,8-9H2,1H3,(H,25,26,28). The molecule has 0 aliphatic carbocycles. The fraction of sp³-hybridized carbons (Fsp3) is 0.143. The van der Waals surface area contributed by atoms with Crippen LogP contribution in [-0.4, -0.2) is 26.4 Å². The SMILES string of the molecule is Cc1cc(NC(=O)CCSc2nc3ccccc3c(=O)n2-c2ccc(F)c(Cl)c2)no1. The van der Waals surface area contributed by atoms with Gasteiger partial charge in [-0.2, -0.15) is 0 Å². The van der Waals surface area contributed by atoms with Crippen LogP contribution in [0.5, 0.6) is 0 Å². The minimum absolute atomic E-state index is 0.101. The van der Waals surface area contributed by atoms with Gasteiger partial charge >= 0.3 is 0 Å². The van der Waals surface area contributed by atoms with E-state index < -0.39 is 5.82 Å². The lowest BCUT2D eigenvalue weighted by atomic mass is 10.2. The van der Waals surface area contributed by atoms with Crippen molar-refractivity contribution in [2.45, 2.75) is 18.5 Å². The average Bonchev–Trinajstić information content (AvgIpc) is 3.15. The highest BCUT2D eigenvalue weighted by molar-refractivity contribution is 7.99. The Morgan fingerprint density at radius 1 is 1.26 bits per heavy atom. The molecule has 0 radical (unpaired) electrons. The van der Waals surface area contributed by atoms with E-state index in [4.69, 9.17) is 16.1 Å². The summed E-state index contributed by atoms with van der Waals surface area (Å²) in [5, 5.41) is 7.06. The van der Waals surface area contributed by atoms with E-state index in [1.807, 2.05) is 0 Å². The van der Waals surface area contributed by atoms with Crippen molar-refractivity contribution in [2.75, 3.05) is 11.1 Å². The zero-order valence-corrected chi connectivity index (χ0v) is 17.8. The molecule has 2 heterocycles. The maximum Gasteiger partial charge on any atom is 0.266 e. The zero-order chi connectivity index (χ0) is 22.0. The first-order valence-electron chi connectivity index (χ1n) is 9.25. The molecule has 0 saturated heterocycles. The molecule has 1 amide bonds. The molecule has 0 fully saturated rings. The third-order valence-electron chi connectivity index (χ3n) is 4.36. The van der Waals surface area contributed by atoms with Crippen LogP contribution >= 0.6 is 23.4 Å². The van der Waals surface area contributed by atoms with Gasteiger partial charge in [0.05, 0.1) is 21.6 Å². The van der Waals surface area contributed by atoms with E-state index in [-0.39, 0.29) is 22.9 Å². The second kappa shape index (κ2) is 8.91. The molecule has 0 bridgehead atoms. The van der Waals surface area contributed by atoms with Crippen molar-refractivity contribution < 1.29 is 13.7 Å². The van der Waals surface area contributed by atoms with Gasteiger partial charge in [-0.1, -0.05) is 40.7 Å². The summed E-state index contributed by atoms with van der Waals surface area (Å²) in [6.45, 7) is 1.73. The number of hydrogen-bond acceptors (Lipinski definition) is 6. The Hall–Kier alpha value is -3.17. The molecule has 0 spiro atoms. The summed E-state index contributed by atoms with van der Waals surface area (Å²) in [5.41, 5.74) is 0.611. The van der Waals surface area contributed by atoms with Gasteiger partial charge in [0.2, 0.25) is 5.91 Å². The molecule has 0 atom stereocenters. The Morgan fingerprint density at radius 3 is 2.81 bits per heavy atom. The molecule has 4 rings (SSSR count). The average molecular weight is 459 g/mol. The summed E-state index contributed by atoms with van der Waals surface area (Å²) in [5.74, 6) is 0.449. The van der Waals surface area contributed by atoms with Gasteiger partial charge in [0.15, 0.2) is 11.0 Å². The topological polar surface area (TPSA) is 90.0 Å². The molecule has 158 valence electrons. The molecule has 10 heteroatoms. The molecule has 7 nitrogen and oxygen atoms in total. The number of amides is 1. The first-order valence-corrected chi connectivity index (χ1v) is 10.6. The Kier molecular flexibility index (Phi) is 6.06. The first kappa shape index (κ1) is 21.1. The number of thioether (sulfide) groups is 1. The number of carbonyl (C=O) groups excluding carboxylic acids is 1. The summed E-state index contributed by atoms with van der Waals surface area (Å²) < 4.78 is 19.9. The number of para-hydroxylation sites is 1. The minimum atomic E-state index is -0.582. The van der Waals surface area contributed by atoms with Gasteiger partial charge in [0.25, 0.3) is 5.56 Å². The number of anilines is 1. The van der Waals surface area contributed by atoms with Crippen molar-refractivity contribution in [3.63, 3.8) is 0 Å². The molecule has 0 aliphatic rings. The van der Waals surface area contributed by atoms with Gasteiger partial charge in [0, 0.05) is 18.2 Å². The zero-order valence-electron chi connectivity index (χ0n) is 16.3. The lowest BCUT2D eigenvalue weighted by Crippen LogP contribution is -2.22. The smallest absolute Gasteiger partial charge is 0.266 e. The van der Waals surface area contributed by atoms with Crippen LogP contribution in [0.15, 0.2) is 63.0 Å². The van der Waals surface area contributed by atoms with E-state index in [2.05, 4.69) is 15.5 Å². The maximum absolute atomic E-state index is 13.6. The number of fused-ring (bicyclic) bond motifs is 1. The molecule has 4 aromatic rings. The molecular weight excluding hydrogens is 443 g/mol. The van der Waals surface area contributed by atoms with Crippen molar-refractivity contribution in [2.24, 2.45) is 0 Å². The van der Waals surface area contributed by atoms with Crippen LogP contribution in [0.2, 0.25) is 5.02 Å². The molecular formula is C21H16ClFN4O3S. The van der Waals surface area contributed by atoms with Crippen LogP contribution in [0, 0.1) is 12.7 Å². The minimum Gasteiger partial charge on any atom is -0.360 e. The number of aromatic nitrogens is 3. The Morgan fingerprint density at radius 2 is 2.06 bits per heavy atom. The van der Waals surface area contributed by atoms with Crippen LogP contribution < -0.4 is 10.9 Å². The highest BCUT2D eigenvalue weighted by Gasteiger charge is 2.15. The first-order chi connectivity index (χ1) is 14.9. The van der Waals surface area contributed by atoms with E-state index in [9.17, 15) is 14.0 Å². The maximum atomic E-state index is 13.6. The van der Waals surface area contributed by atoms with Crippen molar-refractivity contribution in [3.05, 3.63) is 75.5 Å². The van der Waals surface area contributed by atoms with Gasteiger partial charge in [-0.25, -0.2) is 9.37 Å². The molecule has 0 unspecified atom stereocenters. The third-order valence-corrected chi connectivity index (χ3v) is 5.59. The van der Waals surface area contributed by atoms with Crippen molar-refractivity contribution in [1.29, 1.82) is 0 Å². The predicted molar refractivity (Wildman–Crippen MR) is 118 cm³/mol. The molecule has 1 N–H and O–H groups in total. The van der Waals surface area contributed by atoms with Gasteiger partial charge < -0.3 is 9.84 Å². The summed E-state index contributed by atoms with van der Waals surface area (Å²) >= 11 is 7.16. The Balaban J connectivity index is 1.62. The number of hydrogen-bond donors (Lipinski definition) is 1. The number of rotatable bonds is 6. The number of nitrogens with one attached hydrogen (secondary N) is 1. The summed E-state index contributed by atoms with van der Waals surface area (Å²) in [6, 6.07) is 12.6. The summed E-state index contributed by atoms with van der Waals surface area (Å²) in [4.78, 5) is 29.9. The van der Waals surface area contributed by atoms with E-state index >= 15 is 0 Å². The van der Waals surface area contributed by atoms with Crippen LogP contribution in [0.3, 0.4) is 0 Å². The van der Waals surface area contributed by atoms with Crippen molar-refractivity contribution in [1.82, 2.24) is 14.7 Å². The quantitative estimate of drug-likeness (QED) is 0.335. The highest BCUT2D eigenvalue weighted by Crippen LogP contribution is 2.25. The lowest BCUT2D eigenvalue weighted by molar-refractivity contribution is -0.115. The molecule has 0 saturated carbocycles. The van der Waals surface area contributed by atoms with Gasteiger partial charge in [-0.15, -0.1) is 0 Å². The molecule has 2 aromatic heterocycles. The predicted octanol–water partition coefficient (Wildman–Crippen LogP) is 4.60. The Bertz CT molecular complexity index is 1340. The fourth-order valence-corrected chi connectivity index (χ4v) is 4.05.